The Morgan fingerprint density at radius 2 is 2.32 bits per heavy atom. The molecule has 0 aliphatic rings. The zero-order valence-electron chi connectivity index (χ0n) is 9.48. The molecular formula is C9H7ClF2N4O2S. The molecule has 0 saturated carbocycles. The van der Waals surface area contributed by atoms with E-state index >= 15 is 0 Å². The molecule has 0 aliphatic carbocycles. The standard InChI is InChI=1S/C9H7ClF2N4O2S/c1-3-5(11)8(18)16-9(14-3)19-4(15-16)2-13-7(17)6(10)12/h6H,2H2,1H3,(H,13,17). The molecule has 1 atom stereocenters. The topological polar surface area (TPSA) is 76.4 Å². The summed E-state index contributed by atoms with van der Waals surface area (Å²) in [5.41, 5.74) is -3.11. The monoisotopic (exact) mass is 308 g/mol. The van der Waals surface area contributed by atoms with Crippen LogP contribution in [0.3, 0.4) is 0 Å². The highest BCUT2D eigenvalue weighted by Gasteiger charge is 2.16. The summed E-state index contributed by atoms with van der Waals surface area (Å²) in [4.78, 5) is 26.5. The number of fused-ring (bicyclic) bond motifs is 1. The summed E-state index contributed by atoms with van der Waals surface area (Å²) in [5.74, 6) is -1.99. The maximum absolute atomic E-state index is 13.3. The van der Waals surface area contributed by atoms with Gasteiger partial charge in [0.1, 0.15) is 5.01 Å². The van der Waals surface area contributed by atoms with Gasteiger partial charge in [-0.1, -0.05) is 22.9 Å². The second-order valence-corrected chi connectivity index (χ2v) is 4.95. The number of nitrogens with one attached hydrogen (secondary N) is 1. The normalized spacial score (nSPS) is 12.6. The molecule has 102 valence electrons. The first-order valence-corrected chi connectivity index (χ1v) is 6.26. The molecule has 2 heterocycles. The number of rotatable bonds is 3. The fourth-order valence-electron chi connectivity index (χ4n) is 1.28. The number of nitrogens with zero attached hydrogens (tertiary/aromatic N) is 3. The minimum Gasteiger partial charge on any atom is -0.346 e. The zero-order valence-corrected chi connectivity index (χ0v) is 11.1. The van der Waals surface area contributed by atoms with E-state index in [4.69, 9.17) is 11.6 Å². The number of hydrogen-bond acceptors (Lipinski definition) is 5. The second kappa shape index (κ2) is 5.17. The maximum atomic E-state index is 13.3. The van der Waals surface area contributed by atoms with Crippen LogP contribution in [0.1, 0.15) is 10.7 Å². The number of halogens is 3. The van der Waals surface area contributed by atoms with Crippen molar-refractivity contribution in [2.24, 2.45) is 0 Å². The number of alkyl halides is 2. The highest BCUT2D eigenvalue weighted by molar-refractivity contribution is 7.16. The Kier molecular flexibility index (Phi) is 3.76. The Balaban J connectivity index is 2.30. The molecule has 0 radical (unpaired) electrons. The molecule has 1 unspecified atom stereocenters. The van der Waals surface area contributed by atoms with E-state index in [9.17, 15) is 18.4 Å². The molecule has 1 amide bonds. The Morgan fingerprint density at radius 1 is 1.63 bits per heavy atom. The molecule has 0 spiro atoms. The lowest BCUT2D eigenvalue weighted by Crippen LogP contribution is -2.28. The smallest absolute Gasteiger partial charge is 0.311 e. The lowest BCUT2D eigenvalue weighted by Gasteiger charge is -2.00. The van der Waals surface area contributed by atoms with Crippen molar-refractivity contribution < 1.29 is 13.6 Å². The van der Waals surface area contributed by atoms with Gasteiger partial charge in [0.05, 0.1) is 12.2 Å². The van der Waals surface area contributed by atoms with Gasteiger partial charge in [-0.25, -0.2) is 9.37 Å². The third-order valence-electron chi connectivity index (χ3n) is 2.18. The number of aromatic nitrogens is 3. The summed E-state index contributed by atoms with van der Waals surface area (Å²) < 4.78 is 26.5. The van der Waals surface area contributed by atoms with Crippen LogP contribution in [-0.4, -0.2) is 26.1 Å². The van der Waals surface area contributed by atoms with Crippen LogP contribution in [0.5, 0.6) is 0 Å². The van der Waals surface area contributed by atoms with E-state index < -0.39 is 22.9 Å². The quantitative estimate of drug-likeness (QED) is 0.849. The highest BCUT2D eigenvalue weighted by Crippen LogP contribution is 2.12. The van der Waals surface area contributed by atoms with E-state index in [-0.39, 0.29) is 22.2 Å². The van der Waals surface area contributed by atoms with E-state index in [0.717, 1.165) is 15.9 Å². The first-order valence-electron chi connectivity index (χ1n) is 5.01. The average molecular weight is 309 g/mol. The van der Waals surface area contributed by atoms with Crippen molar-refractivity contribution in [3.8, 4) is 0 Å². The molecule has 1 N–H and O–H groups in total. The van der Waals surface area contributed by atoms with Gasteiger partial charge < -0.3 is 5.32 Å². The third-order valence-corrected chi connectivity index (χ3v) is 3.28. The molecule has 2 aromatic rings. The average Bonchev–Trinajstić information content (AvgIpc) is 2.76. The van der Waals surface area contributed by atoms with Crippen LogP contribution in [-0.2, 0) is 11.3 Å². The van der Waals surface area contributed by atoms with Crippen LogP contribution < -0.4 is 10.9 Å². The van der Waals surface area contributed by atoms with Crippen molar-refractivity contribution >= 4 is 33.8 Å². The third kappa shape index (κ3) is 2.71. The lowest BCUT2D eigenvalue weighted by atomic mass is 10.4. The van der Waals surface area contributed by atoms with Gasteiger partial charge in [-0.05, 0) is 6.92 Å². The van der Waals surface area contributed by atoms with Crippen LogP contribution >= 0.6 is 22.9 Å². The summed E-state index contributed by atoms with van der Waals surface area (Å²) in [6.07, 6.45) is 0. The molecule has 2 rings (SSSR count). The van der Waals surface area contributed by atoms with Crippen molar-refractivity contribution in [1.29, 1.82) is 0 Å². The SMILES string of the molecule is Cc1nc2sc(CNC(=O)C(F)Cl)nn2c(=O)c1F. The number of aryl methyl sites for hydroxylation is 1. The fraction of sp³-hybridized carbons (Fsp3) is 0.333. The van der Waals surface area contributed by atoms with Crippen LogP contribution in [0, 0.1) is 12.7 Å². The number of carbonyl (C=O) groups excluding carboxylic acids is 1. The van der Waals surface area contributed by atoms with E-state index in [2.05, 4.69) is 15.4 Å². The van der Waals surface area contributed by atoms with Crippen molar-refractivity contribution in [2.45, 2.75) is 19.1 Å². The molecule has 10 heteroatoms. The Bertz CT molecular complexity index is 699. The highest BCUT2D eigenvalue weighted by atomic mass is 35.5. The van der Waals surface area contributed by atoms with Gasteiger partial charge in [-0.15, -0.1) is 0 Å². The van der Waals surface area contributed by atoms with Crippen LogP contribution in [0.4, 0.5) is 8.78 Å². The first-order chi connectivity index (χ1) is 8.90. The summed E-state index contributed by atoms with van der Waals surface area (Å²) in [6, 6.07) is 0. The summed E-state index contributed by atoms with van der Waals surface area (Å²) in [7, 11) is 0. The van der Waals surface area contributed by atoms with Crippen molar-refractivity contribution in [3.05, 3.63) is 26.9 Å². The van der Waals surface area contributed by atoms with E-state index in [1.807, 2.05) is 0 Å². The molecule has 6 nitrogen and oxygen atoms in total. The van der Waals surface area contributed by atoms with E-state index in [1.165, 1.54) is 6.92 Å². The summed E-state index contributed by atoms with van der Waals surface area (Å²) in [6.45, 7) is 1.24. The van der Waals surface area contributed by atoms with Crippen molar-refractivity contribution in [2.75, 3.05) is 0 Å². The van der Waals surface area contributed by atoms with E-state index in [1.54, 1.807) is 0 Å². The predicted octanol–water partition coefficient (Wildman–Crippen LogP) is 0.749. The number of amides is 1. The Hall–Kier alpha value is -1.61. The fourth-order valence-corrected chi connectivity index (χ4v) is 2.22. The van der Waals surface area contributed by atoms with Crippen LogP contribution in [0.25, 0.3) is 4.96 Å². The molecule has 0 bridgehead atoms. The molecular weight excluding hydrogens is 302 g/mol. The van der Waals surface area contributed by atoms with Gasteiger partial charge in [0.25, 0.3) is 11.5 Å². The Labute approximate surface area is 114 Å². The van der Waals surface area contributed by atoms with Crippen LogP contribution in [0.2, 0.25) is 0 Å². The molecule has 2 aromatic heterocycles. The molecule has 0 saturated heterocycles. The maximum Gasteiger partial charge on any atom is 0.311 e. The minimum absolute atomic E-state index is 0.0335. The summed E-state index contributed by atoms with van der Waals surface area (Å²) >= 11 is 5.91. The summed E-state index contributed by atoms with van der Waals surface area (Å²) in [5, 5.41) is 6.24. The van der Waals surface area contributed by atoms with E-state index in [0.29, 0.717) is 0 Å². The van der Waals surface area contributed by atoms with Crippen LogP contribution in [0.15, 0.2) is 4.79 Å². The second-order valence-electron chi connectivity index (χ2n) is 3.53. The molecule has 0 fully saturated rings. The molecule has 0 aliphatic heterocycles. The molecule has 0 aromatic carbocycles. The number of hydrogen-bond donors (Lipinski definition) is 1. The number of carbonyl (C=O) groups is 1. The van der Waals surface area contributed by atoms with Gasteiger partial charge in [0, 0.05) is 0 Å². The largest absolute Gasteiger partial charge is 0.346 e. The lowest BCUT2D eigenvalue weighted by molar-refractivity contribution is -0.123. The van der Waals surface area contributed by atoms with Gasteiger partial charge >= 0.3 is 5.56 Å². The predicted molar refractivity (Wildman–Crippen MR) is 64.4 cm³/mol. The van der Waals surface area contributed by atoms with Crippen molar-refractivity contribution in [3.63, 3.8) is 0 Å². The molecule has 19 heavy (non-hydrogen) atoms. The first kappa shape index (κ1) is 13.8. The van der Waals surface area contributed by atoms with Crippen molar-refractivity contribution in [1.82, 2.24) is 19.9 Å². The zero-order chi connectivity index (χ0) is 14.2. The van der Waals surface area contributed by atoms with Gasteiger partial charge in [-0.2, -0.15) is 14.0 Å². The minimum atomic E-state index is -2.16. The Morgan fingerprint density at radius 3 is 2.95 bits per heavy atom. The van der Waals surface area contributed by atoms with Gasteiger partial charge in [0.15, 0.2) is 0 Å². The van der Waals surface area contributed by atoms with Gasteiger partial charge in [0.2, 0.25) is 10.8 Å². The van der Waals surface area contributed by atoms with Gasteiger partial charge in [-0.3, -0.25) is 9.59 Å².